The lowest BCUT2D eigenvalue weighted by Crippen LogP contribution is -2.42. The molecule has 0 spiro atoms. The second-order valence-electron chi connectivity index (χ2n) is 4.60. The molecule has 5 nitrogen and oxygen atoms in total. The van der Waals surface area contributed by atoms with Crippen molar-refractivity contribution in [1.82, 2.24) is 9.88 Å². The van der Waals surface area contributed by atoms with E-state index in [1.54, 1.807) is 16.2 Å². The van der Waals surface area contributed by atoms with Gasteiger partial charge in [-0.15, -0.1) is 11.3 Å². The summed E-state index contributed by atoms with van der Waals surface area (Å²) in [5, 5.41) is 6.54. The molecule has 0 saturated carbocycles. The molecule has 2 heterocycles. The lowest BCUT2D eigenvalue weighted by atomic mass is 10.1. The zero-order valence-corrected chi connectivity index (χ0v) is 12.3. The molecule has 1 amide bonds. The van der Waals surface area contributed by atoms with E-state index in [4.69, 9.17) is 4.74 Å². The fourth-order valence-corrected chi connectivity index (χ4v) is 3.00. The van der Waals surface area contributed by atoms with Gasteiger partial charge in [0.2, 0.25) is 0 Å². The molecule has 1 aliphatic rings. The molecule has 6 heteroatoms. The van der Waals surface area contributed by atoms with Crippen LogP contribution in [0.5, 0.6) is 0 Å². The molecule has 0 radical (unpaired) electrons. The molecule has 1 aromatic rings. The lowest BCUT2D eigenvalue weighted by molar-refractivity contribution is 0.0983. The van der Waals surface area contributed by atoms with Gasteiger partial charge in [-0.05, 0) is 26.2 Å². The minimum absolute atomic E-state index is 0.191. The number of ether oxygens (including phenoxy) is 1. The Morgan fingerprint density at radius 3 is 2.84 bits per heavy atom. The summed E-state index contributed by atoms with van der Waals surface area (Å²) in [5.74, 6) is 0. The number of nitrogens with one attached hydrogen (secondary N) is 1. The first-order valence-electron chi connectivity index (χ1n) is 6.85. The van der Waals surface area contributed by atoms with Gasteiger partial charge in [0.05, 0.1) is 12.3 Å². The number of hydrogen-bond donors (Lipinski definition) is 1. The third-order valence-corrected chi connectivity index (χ3v) is 4.08. The van der Waals surface area contributed by atoms with Crippen molar-refractivity contribution in [3.05, 3.63) is 11.1 Å². The molecule has 0 bridgehead atoms. The van der Waals surface area contributed by atoms with Crippen LogP contribution in [-0.2, 0) is 11.2 Å². The van der Waals surface area contributed by atoms with E-state index < -0.39 is 0 Å². The van der Waals surface area contributed by atoms with E-state index in [-0.39, 0.29) is 6.09 Å². The highest BCUT2D eigenvalue weighted by molar-refractivity contribution is 7.13. The standard InChI is InChI=1S/C13H21N3O2S/c1-3-10-9-19-12(14-10)15-11-5-7-16(8-6-11)13(17)18-4-2/h9,11H,3-8H2,1-2H3,(H,14,15). The van der Waals surface area contributed by atoms with E-state index in [1.807, 2.05) is 6.92 Å². The van der Waals surface area contributed by atoms with Crippen molar-refractivity contribution >= 4 is 22.6 Å². The molecule has 1 saturated heterocycles. The van der Waals surface area contributed by atoms with Crippen molar-refractivity contribution in [3.8, 4) is 0 Å². The molecule has 106 valence electrons. The van der Waals surface area contributed by atoms with Crippen LogP contribution in [-0.4, -0.2) is 41.7 Å². The number of likely N-dealkylation sites (tertiary alicyclic amines) is 1. The van der Waals surface area contributed by atoms with Crippen molar-refractivity contribution in [1.29, 1.82) is 0 Å². The average molecular weight is 283 g/mol. The SMILES string of the molecule is CCOC(=O)N1CCC(Nc2nc(CC)cs2)CC1. The van der Waals surface area contributed by atoms with Gasteiger partial charge >= 0.3 is 6.09 Å². The number of amides is 1. The molecule has 0 unspecified atom stereocenters. The quantitative estimate of drug-likeness (QED) is 0.923. The maximum atomic E-state index is 11.6. The second kappa shape index (κ2) is 6.75. The van der Waals surface area contributed by atoms with Crippen molar-refractivity contribution in [2.75, 3.05) is 25.0 Å². The Kier molecular flexibility index (Phi) is 5.01. The minimum Gasteiger partial charge on any atom is -0.450 e. The van der Waals surface area contributed by atoms with Gasteiger partial charge in [-0.25, -0.2) is 9.78 Å². The number of rotatable bonds is 4. The number of carbonyl (C=O) groups is 1. The van der Waals surface area contributed by atoms with Crippen LogP contribution < -0.4 is 5.32 Å². The first-order chi connectivity index (χ1) is 9.22. The average Bonchev–Trinajstić information content (AvgIpc) is 2.87. The summed E-state index contributed by atoms with van der Waals surface area (Å²) in [5.41, 5.74) is 1.14. The molecular weight excluding hydrogens is 262 g/mol. The van der Waals surface area contributed by atoms with Crippen LogP contribution in [0.4, 0.5) is 9.93 Å². The monoisotopic (exact) mass is 283 g/mol. The maximum Gasteiger partial charge on any atom is 0.409 e. The van der Waals surface area contributed by atoms with Gasteiger partial charge in [-0.2, -0.15) is 0 Å². The largest absolute Gasteiger partial charge is 0.450 e. The Labute approximate surface area is 118 Å². The van der Waals surface area contributed by atoms with E-state index in [1.165, 1.54) is 0 Å². The van der Waals surface area contributed by atoms with E-state index in [0.717, 1.165) is 43.2 Å². The molecule has 1 aliphatic heterocycles. The fourth-order valence-electron chi connectivity index (χ4n) is 2.13. The zero-order valence-electron chi connectivity index (χ0n) is 11.5. The Bertz CT molecular complexity index is 414. The number of carbonyl (C=O) groups excluding carboxylic acids is 1. The molecule has 0 aromatic carbocycles. The first-order valence-corrected chi connectivity index (χ1v) is 7.73. The molecule has 0 aliphatic carbocycles. The van der Waals surface area contributed by atoms with Crippen LogP contribution in [0.1, 0.15) is 32.4 Å². The number of thiazole rings is 1. The lowest BCUT2D eigenvalue weighted by Gasteiger charge is -2.31. The number of hydrogen-bond acceptors (Lipinski definition) is 5. The van der Waals surface area contributed by atoms with Crippen molar-refractivity contribution in [2.45, 2.75) is 39.2 Å². The Balaban J connectivity index is 1.78. The highest BCUT2D eigenvalue weighted by Gasteiger charge is 2.23. The van der Waals surface area contributed by atoms with Gasteiger partial charge in [0.25, 0.3) is 0 Å². The third kappa shape index (κ3) is 3.83. The summed E-state index contributed by atoms with van der Waals surface area (Å²) in [6.07, 6.45) is 2.67. The minimum atomic E-state index is -0.191. The van der Waals surface area contributed by atoms with Crippen LogP contribution in [0.3, 0.4) is 0 Å². The van der Waals surface area contributed by atoms with Crippen molar-refractivity contribution in [3.63, 3.8) is 0 Å². The van der Waals surface area contributed by atoms with Gasteiger partial charge in [-0.1, -0.05) is 6.92 Å². The Hall–Kier alpha value is -1.30. The summed E-state index contributed by atoms with van der Waals surface area (Å²) < 4.78 is 5.01. The van der Waals surface area contributed by atoms with Gasteiger partial charge in [0.1, 0.15) is 0 Å². The van der Waals surface area contributed by atoms with Crippen LogP contribution in [0.25, 0.3) is 0 Å². The smallest absolute Gasteiger partial charge is 0.409 e. The molecule has 1 aromatic heterocycles. The molecular formula is C13H21N3O2S. The highest BCUT2D eigenvalue weighted by Crippen LogP contribution is 2.20. The second-order valence-corrected chi connectivity index (χ2v) is 5.46. The molecule has 1 fully saturated rings. The summed E-state index contributed by atoms with van der Waals surface area (Å²) in [6, 6.07) is 0.404. The summed E-state index contributed by atoms with van der Waals surface area (Å²) in [6.45, 7) is 5.89. The van der Waals surface area contributed by atoms with Gasteiger partial charge in [0, 0.05) is 24.5 Å². The summed E-state index contributed by atoms with van der Waals surface area (Å²) >= 11 is 1.66. The number of nitrogens with zero attached hydrogens (tertiary/aromatic N) is 2. The predicted octanol–water partition coefficient (Wildman–Crippen LogP) is 2.74. The van der Waals surface area contributed by atoms with Gasteiger partial charge in [0.15, 0.2) is 5.13 Å². The van der Waals surface area contributed by atoms with E-state index in [0.29, 0.717) is 12.6 Å². The molecule has 0 atom stereocenters. The van der Waals surface area contributed by atoms with Crippen LogP contribution in [0.15, 0.2) is 5.38 Å². The van der Waals surface area contributed by atoms with E-state index >= 15 is 0 Å². The van der Waals surface area contributed by atoms with Gasteiger partial charge in [-0.3, -0.25) is 0 Å². The summed E-state index contributed by atoms with van der Waals surface area (Å²) in [4.78, 5) is 17.9. The normalized spacial score (nSPS) is 16.4. The maximum absolute atomic E-state index is 11.6. The van der Waals surface area contributed by atoms with Crippen molar-refractivity contribution in [2.24, 2.45) is 0 Å². The molecule has 1 N–H and O–H groups in total. The third-order valence-electron chi connectivity index (χ3n) is 3.26. The van der Waals surface area contributed by atoms with E-state index in [9.17, 15) is 4.79 Å². The number of piperidine rings is 1. The fraction of sp³-hybridized carbons (Fsp3) is 0.692. The Morgan fingerprint density at radius 1 is 1.53 bits per heavy atom. The summed E-state index contributed by atoms with van der Waals surface area (Å²) in [7, 11) is 0. The van der Waals surface area contributed by atoms with Crippen LogP contribution in [0.2, 0.25) is 0 Å². The zero-order chi connectivity index (χ0) is 13.7. The van der Waals surface area contributed by atoms with Gasteiger partial charge < -0.3 is 15.0 Å². The van der Waals surface area contributed by atoms with Crippen molar-refractivity contribution < 1.29 is 9.53 Å². The highest BCUT2D eigenvalue weighted by atomic mass is 32.1. The number of aromatic nitrogens is 1. The van der Waals surface area contributed by atoms with Crippen LogP contribution >= 0.6 is 11.3 Å². The Morgan fingerprint density at radius 2 is 2.26 bits per heavy atom. The topological polar surface area (TPSA) is 54.5 Å². The number of aryl methyl sites for hydroxylation is 1. The van der Waals surface area contributed by atoms with E-state index in [2.05, 4.69) is 22.6 Å². The van der Waals surface area contributed by atoms with Crippen LogP contribution in [0, 0.1) is 0 Å². The molecule has 19 heavy (non-hydrogen) atoms. The molecule has 2 rings (SSSR count). The predicted molar refractivity (Wildman–Crippen MR) is 76.7 cm³/mol. The first kappa shape index (κ1) is 14.1. The number of anilines is 1.